The Kier molecular flexibility index (Phi) is 5.23. The number of ether oxygens (including phenoxy) is 1. The Bertz CT molecular complexity index is 345. The Morgan fingerprint density at radius 1 is 1.05 bits per heavy atom. The summed E-state index contributed by atoms with van der Waals surface area (Å²) in [5.74, 6) is -1.03. The molecule has 0 aliphatic carbocycles. The van der Waals surface area contributed by atoms with E-state index in [9.17, 15) is 9.59 Å². The zero-order valence-corrected chi connectivity index (χ0v) is 12.1. The SMILES string of the molecule is CCOC1CCN(C(=O)N2CCC(C(=O)O)CC2)CC1. The predicted molar refractivity (Wildman–Crippen MR) is 73.5 cm³/mol. The number of carboxylic acid groups (broad SMARTS) is 1. The summed E-state index contributed by atoms with van der Waals surface area (Å²) in [5.41, 5.74) is 0. The van der Waals surface area contributed by atoms with Crippen LogP contribution in [-0.4, -0.2) is 65.8 Å². The van der Waals surface area contributed by atoms with E-state index < -0.39 is 5.97 Å². The van der Waals surface area contributed by atoms with Crippen LogP contribution in [0.3, 0.4) is 0 Å². The first-order chi connectivity index (χ1) is 9.61. The molecule has 0 saturated carbocycles. The van der Waals surface area contributed by atoms with Crippen LogP contribution in [0, 0.1) is 5.92 Å². The van der Waals surface area contributed by atoms with Gasteiger partial charge in [-0.2, -0.15) is 0 Å². The molecule has 0 spiro atoms. The minimum Gasteiger partial charge on any atom is -0.481 e. The second-order valence-electron chi connectivity index (χ2n) is 5.52. The zero-order chi connectivity index (χ0) is 14.5. The van der Waals surface area contributed by atoms with Crippen LogP contribution in [0.2, 0.25) is 0 Å². The lowest BCUT2D eigenvalue weighted by Crippen LogP contribution is -2.50. The van der Waals surface area contributed by atoms with Crippen LogP contribution in [0.1, 0.15) is 32.6 Å². The first-order valence-electron chi connectivity index (χ1n) is 7.50. The zero-order valence-electron chi connectivity index (χ0n) is 12.1. The highest BCUT2D eigenvalue weighted by atomic mass is 16.5. The van der Waals surface area contributed by atoms with E-state index in [2.05, 4.69) is 0 Å². The fourth-order valence-corrected chi connectivity index (χ4v) is 2.97. The molecule has 0 aromatic heterocycles. The molecule has 0 unspecified atom stereocenters. The Labute approximate surface area is 119 Å². The van der Waals surface area contributed by atoms with Crippen LogP contribution < -0.4 is 0 Å². The van der Waals surface area contributed by atoms with Crippen molar-refractivity contribution in [2.24, 2.45) is 5.92 Å². The van der Waals surface area contributed by atoms with Gasteiger partial charge in [0.05, 0.1) is 12.0 Å². The van der Waals surface area contributed by atoms with Gasteiger partial charge in [-0.1, -0.05) is 0 Å². The lowest BCUT2D eigenvalue weighted by atomic mass is 9.97. The summed E-state index contributed by atoms with van der Waals surface area (Å²) >= 11 is 0. The fraction of sp³-hybridized carbons (Fsp3) is 0.857. The first kappa shape index (κ1) is 15.1. The maximum atomic E-state index is 12.4. The van der Waals surface area contributed by atoms with Crippen molar-refractivity contribution in [3.05, 3.63) is 0 Å². The number of amides is 2. The van der Waals surface area contributed by atoms with E-state index in [1.807, 2.05) is 11.8 Å². The summed E-state index contributed by atoms with van der Waals surface area (Å²) in [6.07, 6.45) is 3.20. The lowest BCUT2D eigenvalue weighted by Gasteiger charge is -2.38. The molecule has 6 nitrogen and oxygen atoms in total. The monoisotopic (exact) mass is 284 g/mol. The lowest BCUT2D eigenvalue weighted by molar-refractivity contribution is -0.143. The van der Waals surface area contributed by atoms with Crippen LogP contribution in [0.15, 0.2) is 0 Å². The van der Waals surface area contributed by atoms with Crippen molar-refractivity contribution < 1.29 is 19.4 Å². The Morgan fingerprint density at radius 2 is 1.55 bits per heavy atom. The van der Waals surface area contributed by atoms with Crippen LogP contribution >= 0.6 is 0 Å². The molecule has 0 aromatic carbocycles. The van der Waals surface area contributed by atoms with E-state index in [1.54, 1.807) is 4.90 Å². The topological polar surface area (TPSA) is 70.1 Å². The maximum Gasteiger partial charge on any atom is 0.320 e. The Hall–Kier alpha value is -1.30. The van der Waals surface area contributed by atoms with Gasteiger partial charge in [-0.15, -0.1) is 0 Å². The summed E-state index contributed by atoms with van der Waals surface area (Å²) in [7, 11) is 0. The number of likely N-dealkylation sites (tertiary alicyclic amines) is 2. The number of rotatable bonds is 3. The van der Waals surface area contributed by atoms with Crippen molar-refractivity contribution in [2.75, 3.05) is 32.8 Å². The second-order valence-corrected chi connectivity index (χ2v) is 5.52. The fourth-order valence-electron chi connectivity index (χ4n) is 2.97. The molecule has 2 aliphatic rings. The minimum atomic E-state index is -0.741. The quantitative estimate of drug-likeness (QED) is 0.850. The number of carbonyl (C=O) groups excluding carboxylic acids is 1. The number of carbonyl (C=O) groups is 2. The summed E-state index contributed by atoms with van der Waals surface area (Å²) in [6.45, 7) is 5.30. The smallest absolute Gasteiger partial charge is 0.320 e. The molecule has 6 heteroatoms. The largest absolute Gasteiger partial charge is 0.481 e. The van der Waals surface area contributed by atoms with Crippen LogP contribution in [0.5, 0.6) is 0 Å². The third-order valence-electron chi connectivity index (χ3n) is 4.23. The van der Waals surface area contributed by atoms with E-state index in [-0.39, 0.29) is 18.1 Å². The number of piperidine rings is 2. The van der Waals surface area contributed by atoms with Crippen molar-refractivity contribution in [1.29, 1.82) is 0 Å². The minimum absolute atomic E-state index is 0.0591. The van der Waals surface area contributed by atoms with Gasteiger partial charge in [-0.25, -0.2) is 4.79 Å². The number of aliphatic carboxylic acids is 1. The van der Waals surface area contributed by atoms with E-state index in [0.717, 1.165) is 32.5 Å². The van der Waals surface area contributed by atoms with Gasteiger partial charge in [-0.05, 0) is 32.6 Å². The van der Waals surface area contributed by atoms with Gasteiger partial charge >= 0.3 is 12.0 Å². The van der Waals surface area contributed by atoms with Crippen molar-refractivity contribution in [3.63, 3.8) is 0 Å². The summed E-state index contributed by atoms with van der Waals surface area (Å²) < 4.78 is 5.58. The number of urea groups is 1. The van der Waals surface area contributed by atoms with Gasteiger partial charge in [-0.3, -0.25) is 4.79 Å². The molecule has 20 heavy (non-hydrogen) atoms. The van der Waals surface area contributed by atoms with Gasteiger partial charge in [0.15, 0.2) is 0 Å². The number of nitrogens with zero attached hydrogens (tertiary/aromatic N) is 2. The second kappa shape index (κ2) is 6.92. The van der Waals surface area contributed by atoms with Crippen molar-refractivity contribution in [3.8, 4) is 0 Å². The van der Waals surface area contributed by atoms with E-state index in [1.165, 1.54) is 0 Å². The van der Waals surface area contributed by atoms with Crippen LogP contribution in [-0.2, 0) is 9.53 Å². The highest BCUT2D eigenvalue weighted by Crippen LogP contribution is 2.20. The van der Waals surface area contributed by atoms with E-state index >= 15 is 0 Å². The van der Waals surface area contributed by atoms with Gasteiger partial charge in [0.1, 0.15) is 0 Å². The average Bonchev–Trinajstić information content (AvgIpc) is 2.48. The summed E-state index contributed by atoms with van der Waals surface area (Å²) in [5, 5.41) is 8.96. The molecule has 2 aliphatic heterocycles. The molecule has 2 amide bonds. The molecule has 0 radical (unpaired) electrons. The highest BCUT2D eigenvalue weighted by Gasteiger charge is 2.31. The number of hydrogen-bond donors (Lipinski definition) is 1. The molecular formula is C14H24N2O4. The third kappa shape index (κ3) is 3.62. The van der Waals surface area contributed by atoms with Gasteiger partial charge in [0.2, 0.25) is 0 Å². The average molecular weight is 284 g/mol. The summed E-state index contributed by atoms with van der Waals surface area (Å²) in [4.78, 5) is 26.9. The van der Waals surface area contributed by atoms with Gasteiger partial charge in [0.25, 0.3) is 0 Å². The van der Waals surface area contributed by atoms with E-state index in [0.29, 0.717) is 25.9 Å². The van der Waals surface area contributed by atoms with E-state index in [4.69, 9.17) is 9.84 Å². The van der Waals surface area contributed by atoms with Gasteiger partial charge < -0.3 is 19.6 Å². The molecule has 1 N–H and O–H groups in total. The standard InChI is InChI=1S/C14H24N2O4/c1-2-20-12-5-9-16(10-6-12)14(19)15-7-3-11(4-8-15)13(17)18/h11-12H,2-10H2,1H3,(H,17,18). The van der Waals surface area contributed by atoms with Crippen molar-refractivity contribution in [2.45, 2.75) is 38.7 Å². The van der Waals surface area contributed by atoms with Crippen LogP contribution in [0.4, 0.5) is 4.79 Å². The predicted octanol–water partition coefficient (Wildman–Crippen LogP) is 1.40. The Balaban J connectivity index is 1.77. The highest BCUT2D eigenvalue weighted by molar-refractivity contribution is 5.75. The molecule has 0 aromatic rings. The molecule has 0 atom stereocenters. The molecule has 114 valence electrons. The van der Waals surface area contributed by atoms with Crippen LogP contribution in [0.25, 0.3) is 0 Å². The maximum absolute atomic E-state index is 12.4. The normalized spacial score (nSPS) is 22.1. The number of carboxylic acids is 1. The molecule has 2 rings (SSSR count). The van der Waals surface area contributed by atoms with Crippen molar-refractivity contribution >= 4 is 12.0 Å². The first-order valence-corrected chi connectivity index (χ1v) is 7.50. The molecule has 0 bridgehead atoms. The molecule has 2 fully saturated rings. The Morgan fingerprint density at radius 3 is 2.00 bits per heavy atom. The third-order valence-corrected chi connectivity index (χ3v) is 4.23. The molecule has 2 heterocycles. The molecule has 2 saturated heterocycles. The number of hydrogen-bond acceptors (Lipinski definition) is 3. The van der Waals surface area contributed by atoms with Gasteiger partial charge in [0, 0.05) is 32.8 Å². The summed E-state index contributed by atoms with van der Waals surface area (Å²) in [6, 6.07) is 0.0591. The molecular weight excluding hydrogens is 260 g/mol. The van der Waals surface area contributed by atoms with Crippen molar-refractivity contribution in [1.82, 2.24) is 9.80 Å².